The molecule has 78 valence electrons. The van der Waals surface area contributed by atoms with Gasteiger partial charge in [0.15, 0.2) is 0 Å². The highest BCUT2D eigenvalue weighted by atomic mass is 16.5. The van der Waals surface area contributed by atoms with Crippen LogP contribution in [0.2, 0.25) is 0 Å². The van der Waals surface area contributed by atoms with Gasteiger partial charge in [-0.1, -0.05) is 13.8 Å². The minimum Gasteiger partial charge on any atom is -0.378 e. The maximum absolute atomic E-state index is 5.59. The molecule has 13 heavy (non-hydrogen) atoms. The first-order valence-corrected chi connectivity index (χ1v) is 5.03. The zero-order valence-electron chi connectivity index (χ0n) is 8.71. The Hall–Kier alpha value is -0.120. The smallest absolute Gasteiger partial charge is 0.0809 e. The summed E-state index contributed by atoms with van der Waals surface area (Å²) in [7, 11) is 0. The molecule has 0 bridgehead atoms. The standard InChI is InChI=1S/C10H21NO2/c1-10(2,7-11)8-12-6-9-4-3-5-13-9/h9H,3-8,11H2,1-2H3. The Morgan fingerprint density at radius 2 is 2.31 bits per heavy atom. The second-order valence-electron chi connectivity index (χ2n) is 4.52. The lowest BCUT2D eigenvalue weighted by molar-refractivity contribution is -0.00799. The topological polar surface area (TPSA) is 44.5 Å². The SMILES string of the molecule is CC(C)(CN)COCC1CCCO1. The molecule has 1 atom stereocenters. The lowest BCUT2D eigenvalue weighted by Gasteiger charge is -2.22. The molecule has 1 aliphatic rings. The number of rotatable bonds is 5. The Bertz CT molecular complexity index is 142. The van der Waals surface area contributed by atoms with Gasteiger partial charge in [-0.3, -0.25) is 0 Å². The third-order valence-corrected chi connectivity index (χ3v) is 2.37. The maximum Gasteiger partial charge on any atom is 0.0809 e. The van der Waals surface area contributed by atoms with Crippen LogP contribution in [0.5, 0.6) is 0 Å². The summed E-state index contributed by atoms with van der Waals surface area (Å²) in [5, 5.41) is 0. The fourth-order valence-corrected chi connectivity index (χ4v) is 1.30. The van der Waals surface area contributed by atoms with E-state index in [1.807, 2.05) is 0 Å². The molecule has 3 nitrogen and oxygen atoms in total. The van der Waals surface area contributed by atoms with Crippen molar-refractivity contribution < 1.29 is 9.47 Å². The second kappa shape index (κ2) is 4.94. The predicted octanol–water partition coefficient (Wildman–Crippen LogP) is 1.17. The Balaban J connectivity index is 2.06. The van der Waals surface area contributed by atoms with Crippen LogP contribution in [0.3, 0.4) is 0 Å². The van der Waals surface area contributed by atoms with Crippen LogP contribution < -0.4 is 5.73 Å². The van der Waals surface area contributed by atoms with Crippen LogP contribution in [-0.4, -0.2) is 32.5 Å². The molecule has 3 heteroatoms. The first kappa shape index (κ1) is 11.0. The summed E-state index contributed by atoms with van der Waals surface area (Å²) < 4.78 is 11.0. The molecule has 1 unspecified atom stereocenters. The van der Waals surface area contributed by atoms with E-state index in [9.17, 15) is 0 Å². The summed E-state index contributed by atoms with van der Waals surface area (Å²) in [6.07, 6.45) is 2.64. The molecule has 1 rings (SSSR count). The van der Waals surface area contributed by atoms with Crippen LogP contribution in [0.4, 0.5) is 0 Å². The van der Waals surface area contributed by atoms with Crippen LogP contribution in [0.15, 0.2) is 0 Å². The molecule has 0 aromatic rings. The summed E-state index contributed by atoms with van der Waals surface area (Å²) in [5.41, 5.74) is 5.69. The molecule has 0 aromatic heterocycles. The average Bonchev–Trinajstić information content (AvgIpc) is 2.57. The molecule has 1 heterocycles. The van der Waals surface area contributed by atoms with Crippen LogP contribution >= 0.6 is 0 Å². The van der Waals surface area contributed by atoms with Crippen LogP contribution in [-0.2, 0) is 9.47 Å². The van der Waals surface area contributed by atoms with Gasteiger partial charge < -0.3 is 15.2 Å². The van der Waals surface area contributed by atoms with Crippen molar-refractivity contribution in [1.29, 1.82) is 0 Å². The quantitative estimate of drug-likeness (QED) is 0.702. The summed E-state index contributed by atoms with van der Waals surface area (Å²) in [6.45, 7) is 7.24. The number of ether oxygens (including phenoxy) is 2. The highest BCUT2D eigenvalue weighted by Crippen LogP contribution is 2.16. The molecule has 1 fully saturated rings. The summed E-state index contributed by atoms with van der Waals surface area (Å²) in [5.74, 6) is 0. The van der Waals surface area contributed by atoms with Gasteiger partial charge in [0.1, 0.15) is 0 Å². The Kier molecular flexibility index (Phi) is 4.16. The third-order valence-electron chi connectivity index (χ3n) is 2.37. The molecular formula is C10H21NO2. The van der Waals surface area contributed by atoms with Crippen LogP contribution in [0, 0.1) is 5.41 Å². The zero-order valence-corrected chi connectivity index (χ0v) is 8.71. The predicted molar refractivity (Wildman–Crippen MR) is 52.6 cm³/mol. The fourth-order valence-electron chi connectivity index (χ4n) is 1.30. The van der Waals surface area contributed by atoms with E-state index >= 15 is 0 Å². The van der Waals surface area contributed by atoms with Crippen molar-refractivity contribution in [3.8, 4) is 0 Å². The van der Waals surface area contributed by atoms with Gasteiger partial charge in [-0.25, -0.2) is 0 Å². The Morgan fingerprint density at radius 3 is 2.85 bits per heavy atom. The third kappa shape index (κ3) is 4.07. The summed E-state index contributed by atoms with van der Waals surface area (Å²) in [4.78, 5) is 0. The molecule has 0 aliphatic carbocycles. The van der Waals surface area contributed by atoms with Crippen molar-refractivity contribution in [2.24, 2.45) is 11.1 Å². The number of hydrogen-bond acceptors (Lipinski definition) is 3. The van der Waals surface area contributed by atoms with Crippen molar-refractivity contribution >= 4 is 0 Å². The first-order chi connectivity index (χ1) is 6.14. The lowest BCUT2D eigenvalue weighted by atomic mass is 9.95. The minimum absolute atomic E-state index is 0.0958. The van der Waals surface area contributed by atoms with E-state index in [0.29, 0.717) is 12.6 Å². The molecule has 0 spiro atoms. The van der Waals surface area contributed by atoms with Gasteiger partial charge in [0.25, 0.3) is 0 Å². The normalized spacial score (nSPS) is 23.8. The van der Waals surface area contributed by atoms with Crippen LogP contribution in [0.1, 0.15) is 26.7 Å². The number of nitrogens with two attached hydrogens (primary N) is 1. The maximum atomic E-state index is 5.59. The van der Waals surface area contributed by atoms with Crippen molar-refractivity contribution in [3.05, 3.63) is 0 Å². The van der Waals surface area contributed by atoms with E-state index in [0.717, 1.165) is 26.2 Å². The van der Waals surface area contributed by atoms with E-state index in [1.165, 1.54) is 6.42 Å². The van der Waals surface area contributed by atoms with E-state index in [4.69, 9.17) is 15.2 Å². The van der Waals surface area contributed by atoms with Gasteiger partial charge >= 0.3 is 0 Å². The van der Waals surface area contributed by atoms with Gasteiger partial charge in [0, 0.05) is 12.0 Å². The first-order valence-electron chi connectivity index (χ1n) is 5.03. The molecular weight excluding hydrogens is 166 g/mol. The molecule has 2 N–H and O–H groups in total. The van der Waals surface area contributed by atoms with Gasteiger partial charge in [-0.15, -0.1) is 0 Å². The van der Waals surface area contributed by atoms with Crippen molar-refractivity contribution in [2.45, 2.75) is 32.8 Å². The van der Waals surface area contributed by atoms with Crippen molar-refractivity contribution in [1.82, 2.24) is 0 Å². The van der Waals surface area contributed by atoms with Gasteiger partial charge in [0.05, 0.1) is 19.3 Å². The highest BCUT2D eigenvalue weighted by molar-refractivity contribution is 4.69. The van der Waals surface area contributed by atoms with E-state index in [-0.39, 0.29) is 5.41 Å². The van der Waals surface area contributed by atoms with Crippen LogP contribution in [0.25, 0.3) is 0 Å². The van der Waals surface area contributed by atoms with E-state index < -0.39 is 0 Å². The van der Waals surface area contributed by atoms with E-state index in [2.05, 4.69) is 13.8 Å². The minimum atomic E-state index is 0.0958. The summed E-state index contributed by atoms with van der Waals surface area (Å²) in [6, 6.07) is 0. The number of hydrogen-bond donors (Lipinski definition) is 1. The second-order valence-corrected chi connectivity index (χ2v) is 4.52. The molecule has 0 amide bonds. The Labute approximate surface area is 80.6 Å². The average molecular weight is 187 g/mol. The fraction of sp³-hybridized carbons (Fsp3) is 1.00. The molecule has 1 aliphatic heterocycles. The zero-order chi connectivity index (χ0) is 9.73. The van der Waals surface area contributed by atoms with Gasteiger partial charge in [0.2, 0.25) is 0 Å². The summed E-state index contributed by atoms with van der Waals surface area (Å²) >= 11 is 0. The highest BCUT2D eigenvalue weighted by Gasteiger charge is 2.19. The molecule has 0 radical (unpaired) electrons. The Morgan fingerprint density at radius 1 is 1.54 bits per heavy atom. The van der Waals surface area contributed by atoms with Gasteiger partial charge in [-0.05, 0) is 19.4 Å². The van der Waals surface area contributed by atoms with Crippen molar-refractivity contribution in [3.63, 3.8) is 0 Å². The molecule has 0 aromatic carbocycles. The molecule has 1 saturated heterocycles. The van der Waals surface area contributed by atoms with E-state index in [1.54, 1.807) is 0 Å². The monoisotopic (exact) mass is 187 g/mol. The lowest BCUT2D eigenvalue weighted by Crippen LogP contribution is -2.30. The van der Waals surface area contributed by atoms with Crippen molar-refractivity contribution in [2.75, 3.05) is 26.4 Å². The largest absolute Gasteiger partial charge is 0.378 e. The van der Waals surface area contributed by atoms with Gasteiger partial charge in [-0.2, -0.15) is 0 Å². The molecule has 0 saturated carbocycles.